The molecule has 0 aliphatic carbocycles. The number of aromatic amines is 1. The van der Waals surface area contributed by atoms with Gasteiger partial charge in [-0.1, -0.05) is 15.9 Å². The van der Waals surface area contributed by atoms with Crippen LogP contribution in [0.4, 0.5) is 5.82 Å². The zero-order chi connectivity index (χ0) is 12.5. The molecule has 0 spiro atoms. The van der Waals surface area contributed by atoms with Gasteiger partial charge in [-0.3, -0.25) is 0 Å². The number of hydrogen-bond acceptors (Lipinski definition) is 5. The van der Waals surface area contributed by atoms with Crippen LogP contribution in [-0.4, -0.2) is 50.9 Å². The van der Waals surface area contributed by atoms with E-state index in [-0.39, 0.29) is 11.7 Å². The summed E-state index contributed by atoms with van der Waals surface area (Å²) in [5.74, 6) is 0.763. The van der Waals surface area contributed by atoms with Gasteiger partial charge in [-0.05, 0) is 12.1 Å². The second-order valence-corrected chi connectivity index (χ2v) is 4.71. The van der Waals surface area contributed by atoms with Gasteiger partial charge in [-0.25, -0.2) is 9.89 Å². The Morgan fingerprint density at radius 2 is 2.44 bits per heavy atom. The Morgan fingerprint density at radius 1 is 1.56 bits per heavy atom. The van der Waals surface area contributed by atoms with Crippen molar-refractivity contribution in [2.45, 2.75) is 6.04 Å². The van der Waals surface area contributed by atoms with Gasteiger partial charge in [0.25, 0.3) is 0 Å². The Bertz CT molecular complexity index is 610. The summed E-state index contributed by atoms with van der Waals surface area (Å²) in [4.78, 5) is 13.6. The summed E-state index contributed by atoms with van der Waals surface area (Å²) >= 11 is 3.47. The minimum atomic E-state index is -0.324. The maximum atomic E-state index is 11.5. The molecule has 1 fully saturated rings. The van der Waals surface area contributed by atoms with E-state index in [4.69, 9.17) is 4.74 Å². The van der Waals surface area contributed by atoms with E-state index in [2.05, 4.69) is 36.1 Å². The molecule has 0 bridgehead atoms. The van der Waals surface area contributed by atoms with E-state index in [9.17, 15) is 4.79 Å². The standard InChI is InChI=1S/C10H12BrN5O2/c11-5-7-6-18-4-3-15(7)9-2-1-8-12-13-10(17)16(8)14-9/h1-2,7H,3-6H2,(H,13,17). The number of fused-ring (bicyclic) bond motifs is 1. The van der Waals surface area contributed by atoms with E-state index >= 15 is 0 Å². The molecule has 3 rings (SSSR count). The normalized spacial score (nSPS) is 20.5. The number of ether oxygens (including phenoxy) is 1. The van der Waals surface area contributed by atoms with Crippen LogP contribution in [0.5, 0.6) is 0 Å². The average molecular weight is 314 g/mol. The molecule has 1 aliphatic rings. The Morgan fingerprint density at radius 3 is 3.28 bits per heavy atom. The number of morpholine rings is 1. The highest BCUT2D eigenvalue weighted by molar-refractivity contribution is 9.09. The number of halogens is 1. The predicted octanol–water partition coefficient (Wildman–Crippen LogP) is 0.0177. The lowest BCUT2D eigenvalue weighted by molar-refractivity contribution is 0.0999. The Kier molecular flexibility index (Phi) is 3.04. The highest BCUT2D eigenvalue weighted by Gasteiger charge is 2.23. The number of aromatic nitrogens is 4. The van der Waals surface area contributed by atoms with Crippen molar-refractivity contribution in [1.29, 1.82) is 0 Å². The number of rotatable bonds is 2. The van der Waals surface area contributed by atoms with E-state index in [1.807, 2.05) is 6.07 Å². The third-order valence-corrected chi connectivity index (χ3v) is 3.71. The molecule has 1 N–H and O–H groups in total. The molecular formula is C10H12BrN5O2. The maximum Gasteiger partial charge on any atom is 0.364 e. The first-order valence-corrected chi connectivity index (χ1v) is 6.76. The fourth-order valence-corrected chi connectivity index (χ4v) is 2.57. The van der Waals surface area contributed by atoms with Crippen LogP contribution in [0.1, 0.15) is 0 Å². The molecule has 0 amide bonds. The average Bonchev–Trinajstić information content (AvgIpc) is 2.80. The smallest absolute Gasteiger partial charge is 0.364 e. The van der Waals surface area contributed by atoms with E-state index in [1.54, 1.807) is 6.07 Å². The minimum Gasteiger partial charge on any atom is -0.377 e. The second-order valence-electron chi connectivity index (χ2n) is 4.07. The van der Waals surface area contributed by atoms with Gasteiger partial charge in [0, 0.05) is 11.9 Å². The lowest BCUT2D eigenvalue weighted by Crippen LogP contribution is -2.47. The summed E-state index contributed by atoms with van der Waals surface area (Å²) in [5, 5.41) is 11.3. The van der Waals surface area contributed by atoms with E-state index < -0.39 is 0 Å². The summed E-state index contributed by atoms with van der Waals surface area (Å²) < 4.78 is 6.71. The molecule has 3 heterocycles. The number of alkyl halides is 1. The third-order valence-electron chi connectivity index (χ3n) is 2.96. The lowest BCUT2D eigenvalue weighted by Gasteiger charge is -2.35. The van der Waals surface area contributed by atoms with Gasteiger partial charge >= 0.3 is 5.69 Å². The number of nitrogens with one attached hydrogen (secondary N) is 1. The first kappa shape index (κ1) is 11.7. The Labute approximate surface area is 111 Å². The summed E-state index contributed by atoms with van der Waals surface area (Å²) in [6, 6.07) is 3.88. The van der Waals surface area contributed by atoms with E-state index in [1.165, 1.54) is 4.52 Å². The molecule has 1 atom stereocenters. The van der Waals surface area contributed by atoms with Gasteiger partial charge < -0.3 is 9.64 Å². The first-order valence-electron chi connectivity index (χ1n) is 5.64. The number of H-pyrrole nitrogens is 1. The van der Waals surface area contributed by atoms with Gasteiger partial charge in [-0.2, -0.15) is 9.61 Å². The van der Waals surface area contributed by atoms with E-state index in [0.717, 1.165) is 17.7 Å². The molecule has 18 heavy (non-hydrogen) atoms. The number of anilines is 1. The monoisotopic (exact) mass is 313 g/mol. The van der Waals surface area contributed by atoms with Crippen LogP contribution in [0.15, 0.2) is 16.9 Å². The first-order chi connectivity index (χ1) is 8.79. The quantitative estimate of drug-likeness (QED) is 0.791. The molecule has 2 aromatic rings. The molecular weight excluding hydrogens is 302 g/mol. The molecule has 1 unspecified atom stereocenters. The number of hydrogen-bond donors (Lipinski definition) is 1. The predicted molar refractivity (Wildman–Crippen MR) is 69.4 cm³/mol. The number of nitrogens with zero attached hydrogens (tertiary/aromatic N) is 4. The fraction of sp³-hybridized carbons (Fsp3) is 0.500. The van der Waals surface area contributed by atoms with Crippen molar-refractivity contribution in [1.82, 2.24) is 19.8 Å². The van der Waals surface area contributed by atoms with Crippen LogP contribution in [0.2, 0.25) is 0 Å². The van der Waals surface area contributed by atoms with Gasteiger partial charge in [0.15, 0.2) is 5.65 Å². The van der Waals surface area contributed by atoms with Crippen LogP contribution < -0.4 is 10.6 Å². The van der Waals surface area contributed by atoms with Gasteiger partial charge in [0.1, 0.15) is 5.82 Å². The van der Waals surface area contributed by atoms with Crippen molar-refractivity contribution in [3.8, 4) is 0 Å². The highest BCUT2D eigenvalue weighted by Crippen LogP contribution is 2.18. The zero-order valence-corrected chi connectivity index (χ0v) is 11.1. The minimum absolute atomic E-state index is 0.228. The maximum absolute atomic E-state index is 11.5. The van der Waals surface area contributed by atoms with Crippen LogP contribution in [0.3, 0.4) is 0 Å². The summed E-state index contributed by atoms with van der Waals surface area (Å²) in [6.45, 7) is 2.09. The van der Waals surface area contributed by atoms with Gasteiger partial charge in [-0.15, -0.1) is 5.10 Å². The van der Waals surface area contributed by atoms with Crippen LogP contribution in [0, 0.1) is 0 Å². The van der Waals surface area contributed by atoms with Crippen molar-refractivity contribution < 1.29 is 4.74 Å². The van der Waals surface area contributed by atoms with Crippen LogP contribution >= 0.6 is 15.9 Å². The molecule has 0 saturated carbocycles. The molecule has 0 aromatic carbocycles. The molecule has 0 radical (unpaired) electrons. The summed E-state index contributed by atoms with van der Waals surface area (Å²) in [5.41, 5.74) is 0.197. The second kappa shape index (κ2) is 4.69. The summed E-state index contributed by atoms with van der Waals surface area (Å²) in [7, 11) is 0. The highest BCUT2D eigenvalue weighted by atomic mass is 79.9. The molecule has 7 nitrogen and oxygen atoms in total. The third kappa shape index (κ3) is 1.91. The molecule has 96 valence electrons. The lowest BCUT2D eigenvalue weighted by atomic mass is 10.2. The van der Waals surface area contributed by atoms with Crippen molar-refractivity contribution in [2.24, 2.45) is 0 Å². The van der Waals surface area contributed by atoms with Crippen molar-refractivity contribution >= 4 is 27.4 Å². The zero-order valence-electron chi connectivity index (χ0n) is 9.54. The van der Waals surface area contributed by atoms with Gasteiger partial charge in [0.05, 0.1) is 19.3 Å². The Balaban J connectivity index is 2.01. The van der Waals surface area contributed by atoms with Crippen molar-refractivity contribution in [3.05, 3.63) is 22.6 Å². The largest absolute Gasteiger partial charge is 0.377 e. The Hall–Kier alpha value is -1.41. The molecule has 2 aromatic heterocycles. The summed E-state index contributed by atoms with van der Waals surface area (Å²) in [6.07, 6.45) is 0. The topological polar surface area (TPSA) is 75.5 Å². The SMILES string of the molecule is O=c1[nH]nc2ccc(N3CCOCC3CBr)nn12. The molecule has 1 aliphatic heterocycles. The van der Waals surface area contributed by atoms with Crippen LogP contribution in [-0.2, 0) is 4.74 Å². The van der Waals surface area contributed by atoms with Crippen molar-refractivity contribution in [2.75, 3.05) is 30.0 Å². The van der Waals surface area contributed by atoms with Gasteiger partial charge in [0.2, 0.25) is 0 Å². The van der Waals surface area contributed by atoms with E-state index in [0.29, 0.717) is 18.9 Å². The van der Waals surface area contributed by atoms with Crippen LogP contribution in [0.25, 0.3) is 5.65 Å². The molecule has 8 heteroatoms. The van der Waals surface area contributed by atoms with Crippen molar-refractivity contribution in [3.63, 3.8) is 0 Å². The fourth-order valence-electron chi connectivity index (χ4n) is 2.03. The molecule has 1 saturated heterocycles.